The van der Waals surface area contributed by atoms with Crippen LogP contribution in [0.2, 0.25) is 0 Å². The third-order valence-electron chi connectivity index (χ3n) is 13.9. The molecule has 5 heterocycles. The van der Waals surface area contributed by atoms with Crippen LogP contribution in [0.4, 0.5) is 0 Å². The Balaban J connectivity index is 1.23. The van der Waals surface area contributed by atoms with Crippen molar-refractivity contribution in [2.24, 2.45) is 0 Å². The van der Waals surface area contributed by atoms with Crippen molar-refractivity contribution in [3.8, 4) is 78.6 Å². The van der Waals surface area contributed by atoms with Crippen LogP contribution < -0.4 is 13.9 Å². The highest BCUT2D eigenvalue weighted by atomic mass is 16.5. The van der Waals surface area contributed by atoms with E-state index in [0.717, 1.165) is 61.8 Å². The second-order valence-corrected chi connectivity index (χ2v) is 20.2. The maximum atomic E-state index is 8.66. The Kier molecular flexibility index (Phi) is 7.90. The number of benzene rings is 7. The molecule has 0 radical (unpaired) electrons. The Bertz CT molecular complexity index is 3440. The van der Waals surface area contributed by atoms with E-state index in [9.17, 15) is 0 Å². The lowest BCUT2D eigenvalue weighted by molar-refractivity contribution is -0.997. The Labute approximate surface area is 378 Å². The molecule has 4 heteroatoms. The molecule has 1 atom stereocenters. The summed E-state index contributed by atoms with van der Waals surface area (Å²) in [6.07, 6.45) is 2.25. The van der Waals surface area contributed by atoms with Gasteiger partial charge in [-0.3, -0.25) is 0 Å². The summed E-state index contributed by atoms with van der Waals surface area (Å²) in [7, 11) is 0. The van der Waals surface area contributed by atoms with Crippen molar-refractivity contribution in [1.82, 2.24) is 4.57 Å². The van der Waals surface area contributed by atoms with Gasteiger partial charge in [0.15, 0.2) is 17.2 Å². The van der Waals surface area contributed by atoms with Gasteiger partial charge in [-0.05, 0) is 110 Å². The summed E-state index contributed by atoms with van der Waals surface area (Å²) >= 11 is 0. The normalized spacial score (nSPS) is 15.9. The number of rotatable bonds is 5. The van der Waals surface area contributed by atoms with E-state index in [1.807, 2.05) is 13.8 Å². The standard InChI is InChI=1S/C60H53N3O/c1-37(2)38-26-28-39(29-27-38)42-30-31-61-52(32-42)49-34-43(58(3,4)5)33-48-44-23-17-24-51-56(44)63-57(45-22-15-16-25-54(45)64-60(61,63)55(48)49)62(51)53-36-46(40-18-11-9-12-19-40)50(59(6,7)8)35-47(53)41-20-13-10-14-21-41/h9-37H,1-8H3/q+2/i37D. The minimum absolute atomic E-state index is 0.117. The van der Waals surface area contributed by atoms with Crippen LogP contribution in [0.15, 0.2) is 170 Å². The Morgan fingerprint density at radius 3 is 1.91 bits per heavy atom. The number of nitrogens with zero attached hydrogens (tertiary/aromatic N) is 3. The summed E-state index contributed by atoms with van der Waals surface area (Å²) in [6, 6.07) is 60.2. The van der Waals surface area contributed by atoms with Crippen LogP contribution in [0.3, 0.4) is 0 Å². The summed E-state index contributed by atoms with van der Waals surface area (Å²) in [6.45, 7) is 17.8. The zero-order chi connectivity index (χ0) is 44.8. The molecular weight excluding hydrogens is 779 g/mol. The van der Waals surface area contributed by atoms with E-state index in [2.05, 4.69) is 225 Å². The number of hydrogen-bond donors (Lipinski definition) is 0. The van der Waals surface area contributed by atoms with Crippen LogP contribution in [-0.4, -0.2) is 4.57 Å². The van der Waals surface area contributed by atoms with Crippen molar-refractivity contribution >= 4 is 11.0 Å². The highest BCUT2D eigenvalue weighted by molar-refractivity contribution is 5.99. The second-order valence-electron chi connectivity index (χ2n) is 20.2. The average Bonchev–Trinajstić information content (AvgIpc) is 3.79. The van der Waals surface area contributed by atoms with Crippen molar-refractivity contribution in [2.45, 2.75) is 78.0 Å². The molecule has 4 nitrogen and oxygen atoms in total. The van der Waals surface area contributed by atoms with E-state index >= 15 is 0 Å². The highest BCUT2D eigenvalue weighted by Gasteiger charge is 2.68. The minimum atomic E-state index is -1.07. The minimum Gasteiger partial charge on any atom is -0.392 e. The zero-order valence-electron chi connectivity index (χ0n) is 38.9. The molecular formula is C60H53N3O+2. The molecule has 0 amide bonds. The van der Waals surface area contributed by atoms with Crippen LogP contribution in [0.1, 0.15) is 84.9 Å². The lowest BCUT2D eigenvalue weighted by Crippen LogP contribution is -2.78. The van der Waals surface area contributed by atoms with Crippen LogP contribution in [0, 0.1) is 0 Å². The average molecular weight is 833 g/mol. The van der Waals surface area contributed by atoms with Gasteiger partial charge in [0.1, 0.15) is 22.6 Å². The van der Waals surface area contributed by atoms with Gasteiger partial charge in [0.2, 0.25) is 5.69 Å². The topological polar surface area (TPSA) is 21.9 Å². The predicted octanol–water partition coefficient (Wildman–Crippen LogP) is 14.2. The number of fused-ring (bicyclic) bond motifs is 5. The summed E-state index contributed by atoms with van der Waals surface area (Å²) in [4.78, 5) is 0. The molecule has 9 aromatic rings. The number of imidazole rings is 1. The molecule has 12 rings (SSSR count). The molecule has 0 bridgehead atoms. The first-order valence-electron chi connectivity index (χ1n) is 23.2. The summed E-state index contributed by atoms with van der Waals surface area (Å²) in [5, 5.41) is 0. The van der Waals surface area contributed by atoms with E-state index in [1.165, 1.54) is 50.1 Å². The van der Waals surface area contributed by atoms with E-state index in [0.29, 0.717) is 0 Å². The van der Waals surface area contributed by atoms with Gasteiger partial charge < -0.3 is 4.74 Å². The van der Waals surface area contributed by atoms with Crippen molar-refractivity contribution in [2.75, 3.05) is 0 Å². The van der Waals surface area contributed by atoms with E-state index in [1.54, 1.807) is 0 Å². The van der Waals surface area contributed by atoms with Gasteiger partial charge in [0.05, 0.1) is 5.56 Å². The SMILES string of the molecule is [2H]C(C)(C)c1ccc(-c2cc[n+]3c(c2)-c2cc(C(C)(C)C)cc4c2C32Oc3ccccc3-c3n(-c5cc(-c6ccccc6)c(C(C)(C)C)cc5-c5ccccc5)c5cccc-4c5[n+]32)cc1. The molecule has 1 unspecified atom stereocenters. The third kappa shape index (κ3) is 5.41. The summed E-state index contributed by atoms with van der Waals surface area (Å²) < 4.78 is 23.9. The van der Waals surface area contributed by atoms with Gasteiger partial charge in [-0.15, -0.1) is 9.13 Å². The fourth-order valence-electron chi connectivity index (χ4n) is 10.7. The molecule has 64 heavy (non-hydrogen) atoms. The molecule has 0 saturated heterocycles. The van der Waals surface area contributed by atoms with Crippen molar-refractivity contribution in [3.63, 3.8) is 0 Å². The number of para-hydroxylation sites is 2. The lowest BCUT2D eigenvalue weighted by atomic mass is 9.79. The van der Waals surface area contributed by atoms with Crippen molar-refractivity contribution in [3.05, 3.63) is 192 Å². The summed E-state index contributed by atoms with van der Waals surface area (Å²) in [5.41, 5.74) is 20.6. The highest BCUT2D eigenvalue weighted by Crippen LogP contribution is 2.55. The molecule has 3 aliphatic rings. The maximum absolute atomic E-state index is 8.66. The Morgan fingerprint density at radius 2 is 1.22 bits per heavy atom. The van der Waals surface area contributed by atoms with Gasteiger partial charge >= 0.3 is 11.7 Å². The Hall–Kier alpha value is -7.04. The van der Waals surface area contributed by atoms with Crippen molar-refractivity contribution in [1.29, 1.82) is 0 Å². The molecule has 312 valence electrons. The van der Waals surface area contributed by atoms with Gasteiger partial charge in [0, 0.05) is 30.2 Å². The fraction of sp³-hybridized carbons (Fsp3) is 0.200. The van der Waals surface area contributed by atoms with Gasteiger partial charge in [-0.25, -0.2) is 0 Å². The third-order valence-corrected chi connectivity index (χ3v) is 13.9. The van der Waals surface area contributed by atoms with E-state index in [-0.39, 0.29) is 10.8 Å². The molecule has 3 aliphatic heterocycles. The fourth-order valence-corrected chi connectivity index (χ4v) is 10.7. The van der Waals surface area contributed by atoms with Gasteiger partial charge in [-0.2, -0.15) is 4.57 Å². The molecule has 0 aliphatic carbocycles. The first-order chi connectivity index (χ1) is 31.1. The zero-order valence-corrected chi connectivity index (χ0v) is 37.9. The Morgan fingerprint density at radius 1 is 0.562 bits per heavy atom. The first kappa shape index (κ1) is 37.5. The molecule has 1 spiro atoms. The molecule has 2 aromatic heterocycles. The maximum Gasteiger partial charge on any atom is 0.499 e. The smallest absolute Gasteiger partial charge is 0.392 e. The molecule has 0 fully saturated rings. The summed E-state index contributed by atoms with van der Waals surface area (Å²) in [5.74, 6) is 0.164. The number of aromatic nitrogens is 3. The lowest BCUT2D eigenvalue weighted by Gasteiger charge is -2.33. The van der Waals surface area contributed by atoms with Gasteiger partial charge in [0.25, 0.3) is 0 Å². The van der Waals surface area contributed by atoms with Crippen LogP contribution in [0.5, 0.6) is 5.75 Å². The predicted molar refractivity (Wildman–Crippen MR) is 261 cm³/mol. The first-order valence-corrected chi connectivity index (χ1v) is 22.7. The van der Waals surface area contributed by atoms with Crippen LogP contribution in [-0.2, 0) is 16.7 Å². The van der Waals surface area contributed by atoms with Gasteiger partial charge in [-0.1, -0.05) is 159 Å². The van der Waals surface area contributed by atoms with E-state index < -0.39 is 11.7 Å². The second kappa shape index (κ2) is 13.5. The molecule has 7 aromatic carbocycles. The monoisotopic (exact) mass is 832 g/mol. The van der Waals surface area contributed by atoms with E-state index in [4.69, 9.17) is 6.11 Å². The number of ether oxygens (including phenoxy) is 1. The quantitative estimate of drug-likeness (QED) is 0.158. The molecule has 0 N–H and O–H groups in total. The largest absolute Gasteiger partial charge is 0.499 e. The van der Waals surface area contributed by atoms with Crippen molar-refractivity contribution < 1.29 is 15.2 Å². The number of hydrogen-bond acceptors (Lipinski definition) is 1. The molecule has 0 saturated carbocycles. The van der Waals surface area contributed by atoms with Crippen LogP contribution in [0.25, 0.3) is 83.9 Å². The van der Waals surface area contributed by atoms with Crippen LogP contribution >= 0.6 is 0 Å². The number of pyridine rings is 1.